The third-order valence-corrected chi connectivity index (χ3v) is 6.09. The fourth-order valence-electron chi connectivity index (χ4n) is 4.30. The third kappa shape index (κ3) is 3.33. The minimum absolute atomic E-state index is 0.120. The van der Waals surface area contributed by atoms with Crippen molar-refractivity contribution in [3.8, 4) is 0 Å². The number of rotatable bonds is 5. The van der Waals surface area contributed by atoms with Crippen LogP contribution in [0.5, 0.6) is 0 Å². The average molecular weight is 392 g/mol. The van der Waals surface area contributed by atoms with Crippen molar-refractivity contribution in [1.29, 1.82) is 0 Å². The fraction of sp³-hybridized carbons (Fsp3) is 0.429. The number of carbonyl (C=O) groups is 1. The molecule has 0 bridgehead atoms. The topological polar surface area (TPSA) is 84.7 Å². The van der Waals surface area contributed by atoms with Gasteiger partial charge in [-0.2, -0.15) is 4.52 Å². The van der Waals surface area contributed by atoms with Gasteiger partial charge in [0.2, 0.25) is 5.91 Å². The molecule has 2 aliphatic rings. The van der Waals surface area contributed by atoms with Crippen LogP contribution in [0.1, 0.15) is 18.4 Å². The Hall–Kier alpha value is -3.00. The summed E-state index contributed by atoms with van der Waals surface area (Å²) in [5.41, 5.74) is 1.34. The highest BCUT2D eigenvalue weighted by Crippen LogP contribution is 2.35. The molecular weight excluding hydrogens is 368 g/mol. The highest BCUT2D eigenvalue weighted by molar-refractivity contribution is 5.88. The molecular formula is C21H24N6O2. The van der Waals surface area contributed by atoms with Crippen molar-refractivity contribution in [2.24, 2.45) is 5.92 Å². The van der Waals surface area contributed by atoms with E-state index in [0.29, 0.717) is 25.7 Å². The Balaban J connectivity index is 1.20. The van der Waals surface area contributed by atoms with Crippen LogP contribution in [0.25, 0.3) is 5.65 Å². The van der Waals surface area contributed by atoms with Crippen molar-refractivity contribution < 1.29 is 9.53 Å². The van der Waals surface area contributed by atoms with E-state index in [0.717, 1.165) is 43.0 Å². The molecule has 8 nitrogen and oxygen atoms in total. The quantitative estimate of drug-likeness (QED) is 0.707. The second-order valence-corrected chi connectivity index (χ2v) is 7.87. The van der Waals surface area contributed by atoms with E-state index in [1.807, 2.05) is 30.3 Å². The van der Waals surface area contributed by atoms with Gasteiger partial charge in [-0.3, -0.25) is 4.79 Å². The van der Waals surface area contributed by atoms with Gasteiger partial charge in [-0.25, -0.2) is 0 Å². The molecule has 0 atom stereocenters. The Morgan fingerprint density at radius 1 is 1.14 bits per heavy atom. The van der Waals surface area contributed by atoms with Crippen LogP contribution >= 0.6 is 0 Å². The van der Waals surface area contributed by atoms with Crippen molar-refractivity contribution in [1.82, 2.24) is 25.1 Å². The van der Waals surface area contributed by atoms with Crippen LogP contribution in [0.3, 0.4) is 0 Å². The minimum atomic E-state index is -0.482. The van der Waals surface area contributed by atoms with Gasteiger partial charge < -0.3 is 15.0 Å². The van der Waals surface area contributed by atoms with E-state index in [1.54, 1.807) is 10.8 Å². The molecule has 0 unspecified atom stereocenters. The number of anilines is 1. The van der Waals surface area contributed by atoms with E-state index in [1.165, 1.54) is 0 Å². The SMILES string of the molecule is O=C(NCC1CN(c2ccc3nncn3n2)C1)C1(c2ccccc2)CCOCC1. The number of nitrogens with zero attached hydrogens (tertiary/aromatic N) is 5. The Morgan fingerprint density at radius 2 is 1.93 bits per heavy atom. The van der Waals surface area contributed by atoms with Gasteiger partial charge in [0, 0.05) is 38.8 Å². The monoisotopic (exact) mass is 392 g/mol. The van der Waals surface area contributed by atoms with E-state index >= 15 is 0 Å². The molecule has 29 heavy (non-hydrogen) atoms. The Labute approximate surface area is 168 Å². The summed E-state index contributed by atoms with van der Waals surface area (Å²) >= 11 is 0. The first-order chi connectivity index (χ1) is 14.2. The molecule has 0 aliphatic carbocycles. The van der Waals surface area contributed by atoms with Crippen molar-refractivity contribution >= 4 is 17.4 Å². The molecule has 1 aromatic carbocycles. The molecule has 2 aliphatic heterocycles. The Bertz CT molecular complexity index is 993. The summed E-state index contributed by atoms with van der Waals surface area (Å²) in [6.07, 6.45) is 3.05. The number of fused-ring (bicyclic) bond motifs is 1. The Kier molecular flexibility index (Phi) is 4.63. The lowest BCUT2D eigenvalue weighted by Gasteiger charge is -2.41. The van der Waals surface area contributed by atoms with Crippen molar-refractivity contribution in [3.63, 3.8) is 0 Å². The van der Waals surface area contributed by atoms with Crippen molar-refractivity contribution in [3.05, 3.63) is 54.4 Å². The molecule has 0 radical (unpaired) electrons. The first kappa shape index (κ1) is 18.1. The lowest BCUT2D eigenvalue weighted by molar-refractivity contribution is -0.130. The van der Waals surface area contributed by atoms with Gasteiger partial charge in [-0.05, 0) is 30.5 Å². The summed E-state index contributed by atoms with van der Waals surface area (Å²) in [4.78, 5) is 15.4. The van der Waals surface area contributed by atoms with Crippen LogP contribution in [0.2, 0.25) is 0 Å². The molecule has 0 saturated carbocycles. The van der Waals surface area contributed by atoms with Crippen LogP contribution in [0, 0.1) is 5.92 Å². The van der Waals surface area contributed by atoms with E-state index in [2.05, 4.69) is 37.6 Å². The predicted molar refractivity (Wildman–Crippen MR) is 108 cm³/mol. The largest absolute Gasteiger partial charge is 0.381 e. The van der Waals surface area contributed by atoms with Gasteiger partial charge in [-0.1, -0.05) is 30.3 Å². The summed E-state index contributed by atoms with van der Waals surface area (Å²) in [6.45, 7) is 3.68. The standard InChI is InChI=1S/C21H24N6O2/c28-20(21(8-10-29-11-9-21)17-4-2-1-3-5-17)22-12-16-13-26(14-16)19-7-6-18-24-23-15-27(18)25-19/h1-7,15-16H,8-14H2,(H,22,28). The number of amides is 1. The van der Waals surface area contributed by atoms with Gasteiger partial charge in [-0.15, -0.1) is 15.3 Å². The molecule has 5 rings (SSSR count). The predicted octanol–water partition coefficient (Wildman–Crippen LogP) is 1.43. The second kappa shape index (κ2) is 7.44. The molecule has 2 aromatic heterocycles. The zero-order chi connectivity index (χ0) is 19.7. The maximum absolute atomic E-state index is 13.2. The first-order valence-electron chi connectivity index (χ1n) is 10.1. The zero-order valence-electron chi connectivity index (χ0n) is 16.2. The fourth-order valence-corrected chi connectivity index (χ4v) is 4.30. The third-order valence-electron chi connectivity index (χ3n) is 6.09. The molecule has 150 valence electrons. The van der Waals surface area contributed by atoms with Crippen molar-refractivity contribution in [2.75, 3.05) is 37.7 Å². The normalized spacial score (nSPS) is 19.1. The van der Waals surface area contributed by atoms with Crippen LogP contribution in [-0.4, -0.2) is 58.6 Å². The number of hydrogen-bond donors (Lipinski definition) is 1. The maximum atomic E-state index is 13.2. The lowest BCUT2D eigenvalue weighted by atomic mass is 9.73. The molecule has 3 aromatic rings. The lowest BCUT2D eigenvalue weighted by Crippen LogP contribution is -2.55. The molecule has 8 heteroatoms. The van der Waals surface area contributed by atoms with E-state index in [9.17, 15) is 4.79 Å². The van der Waals surface area contributed by atoms with Crippen LogP contribution in [0.15, 0.2) is 48.8 Å². The molecule has 2 saturated heterocycles. The van der Waals surface area contributed by atoms with Gasteiger partial charge in [0.1, 0.15) is 12.1 Å². The molecule has 0 spiro atoms. The number of nitrogens with one attached hydrogen (secondary N) is 1. The van der Waals surface area contributed by atoms with Crippen molar-refractivity contribution in [2.45, 2.75) is 18.3 Å². The van der Waals surface area contributed by atoms with Gasteiger partial charge in [0.15, 0.2) is 5.65 Å². The summed E-state index contributed by atoms with van der Waals surface area (Å²) in [5.74, 6) is 1.45. The van der Waals surface area contributed by atoms with Gasteiger partial charge in [0.25, 0.3) is 0 Å². The zero-order valence-corrected chi connectivity index (χ0v) is 16.2. The van der Waals surface area contributed by atoms with E-state index in [-0.39, 0.29) is 5.91 Å². The number of benzene rings is 1. The maximum Gasteiger partial charge on any atom is 0.230 e. The average Bonchev–Trinajstić information content (AvgIpc) is 3.21. The van der Waals surface area contributed by atoms with Crippen LogP contribution in [0.4, 0.5) is 5.82 Å². The molecule has 2 fully saturated rings. The summed E-state index contributed by atoms with van der Waals surface area (Å²) in [7, 11) is 0. The molecule has 4 heterocycles. The van der Waals surface area contributed by atoms with E-state index in [4.69, 9.17) is 4.74 Å². The summed E-state index contributed by atoms with van der Waals surface area (Å²) < 4.78 is 7.22. The molecule has 1 N–H and O–H groups in total. The van der Waals surface area contributed by atoms with Gasteiger partial charge >= 0.3 is 0 Å². The number of ether oxygens (including phenoxy) is 1. The Morgan fingerprint density at radius 3 is 2.72 bits per heavy atom. The summed E-state index contributed by atoms with van der Waals surface area (Å²) in [6, 6.07) is 14.0. The van der Waals surface area contributed by atoms with Crippen LogP contribution in [-0.2, 0) is 14.9 Å². The first-order valence-corrected chi connectivity index (χ1v) is 10.1. The number of aromatic nitrogens is 4. The highest BCUT2D eigenvalue weighted by atomic mass is 16.5. The van der Waals surface area contributed by atoms with Crippen LogP contribution < -0.4 is 10.2 Å². The number of carbonyl (C=O) groups excluding carboxylic acids is 1. The van der Waals surface area contributed by atoms with Gasteiger partial charge in [0.05, 0.1) is 5.41 Å². The molecule has 1 amide bonds. The summed E-state index contributed by atoms with van der Waals surface area (Å²) in [5, 5.41) is 15.6. The second-order valence-electron chi connectivity index (χ2n) is 7.87. The highest BCUT2D eigenvalue weighted by Gasteiger charge is 2.42. The van der Waals surface area contributed by atoms with E-state index < -0.39 is 5.41 Å². The minimum Gasteiger partial charge on any atom is -0.381 e. The smallest absolute Gasteiger partial charge is 0.230 e. The number of hydrogen-bond acceptors (Lipinski definition) is 6.